The van der Waals surface area contributed by atoms with Crippen molar-refractivity contribution in [3.8, 4) is 0 Å². The molecule has 6 nitrogen and oxygen atoms in total. The number of aliphatic imine (C=N–C) groups is 1. The first kappa shape index (κ1) is 21.3. The van der Waals surface area contributed by atoms with Gasteiger partial charge in [0.05, 0.1) is 6.54 Å². The number of piperidine rings is 1. The van der Waals surface area contributed by atoms with Crippen molar-refractivity contribution in [1.82, 2.24) is 15.5 Å². The quantitative estimate of drug-likeness (QED) is 0.499. The molecule has 1 aromatic heterocycles. The molecule has 0 radical (unpaired) electrons. The van der Waals surface area contributed by atoms with E-state index in [4.69, 9.17) is 0 Å². The van der Waals surface area contributed by atoms with Crippen molar-refractivity contribution >= 4 is 28.9 Å². The van der Waals surface area contributed by atoms with Gasteiger partial charge >= 0.3 is 0 Å². The highest BCUT2D eigenvalue weighted by Crippen LogP contribution is 2.36. The van der Waals surface area contributed by atoms with Gasteiger partial charge in [-0.15, -0.1) is 11.3 Å². The van der Waals surface area contributed by atoms with E-state index in [1.165, 1.54) is 23.4 Å². The number of hydrogen-bond donors (Lipinski definition) is 3. The monoisotopic (exact) mass is 417 g/mol. The second kappa shape index (κ2) is 10.4. The Kier molecular flexibility index (Phi) is 7.60. The highest BCUT2D eigenvalue weighted by Gasteiger charge is 2.31. The predicted molar refractivity (Wildman–Crippen MR) is 117 cm³/mol. The number of hydrogen-bond acceptors (Lipinski definition) is 4. The van der Waals surface area contributed by atoms with Crippen molar-refractivity contribution in [2.75, 3.05) is 39.0 Å². The summed E-state index contributed by atoms with van der Waals surface area (Å²) in [6.45, 7) is 1.93. The van der Waals surface area contributed by atoms with Crippen LogP contribution in [0.3, 0.4) is 0 Å². The number of anilines is 1. The molecule has 0 spiro atoms. The molecule has 1 amide bonds. The Bertz CT molecular complexity index is 826. The minimum Gasteiger partial charge on any atom is -0.356 e. The first-order chi connectivity index (χ1) is 14.1. The minimum atomic E-state index is -0.383. The first-order valence-electron chi connectivity index (χ1n) is 9.80. The van der Waals surface area contributed by atoms with E-state index >= 15 is 0 Å². The third-order valence-electron chi connectivity index (χ3n) is 5.12. The Morgan fingerprint density at radius 1 is 1.31 bits per heavy atom. The van der Waals surface area contributed by atoms with E-state index in [-0.39, 0.29) is 18.3 Å². The number of rotatable bonds is 6. The third-order valence-corrected chi connectivity index (χ3v) is 6.06. The second-order valence-electron chi connectivity index (χ2n) is 7.21. The van der Waals surface area contributed by atoms with Gasteiger partial charge in [0.1, 0.15) is 5.82 Å². The van der Waals surface area contributed by atoms with Crippen molar-refractivity contribution in [1.29, 1.82) is 0 Å². The molecule has 29 heavy (non-hydrogen) atoms. The summed E-state index contributed by atoms with van der Waals surface area (Å²) < 4.78 is 13.2. The van der Waals surface area contributed by atoms with Gasteiger partial charge in [0, 0.05) is 30.2 Å². The molecule has 156 valence electrons. The number of carbonyl (C=O) groups is 1. The van der Waals surface area contributed by atoms with Crippen LogP contribution in [0.5, 0.6) is 0 Å². The lowest BCUT2D eigenvalue weighted by Crippen LogP contribution is -2.46. The van der Waals surface area contributed by atoms with E-state index in [2.05, 4.69) is 50.4 Å². The van der Waals surface area contributed by atoms with Crippen molar-refractivity contribution < 1.29 is 9.18 Å². The van der Waals surface area contributed by atoms with Crippen molar-refractivity contribution in [3.05, 3.63) is 52.5 Å². The van der Waals surface area contributed by atoms with Crippen molar-refractivity contribution in [2.24, 2.45) is 10.9 Å². The summed E-state index contributed by atoms with van der Waals surface area (Å²) in [6.07, 6.45) is 2.32. The lowest BCUT2D eigenvalue weighted by atomic mass is 9.88. The highest BCUT2D eigenvalue weighted by atomic mass is 32.1. The molecule has 2 aromatic rings. The number of thiophene rings is 1. The number of nitrogens with one attached hydrogen (secondary N) is 3. The highest BCUT2D eigenvalue weighted by molar-refractivity contribution is 7.10. The fourth-order valence-electron chi connectivity index (χ4n) is 3.77. The molecule has 3 N–H and O–H groups in total. The van der Waals surface area contributed by atoms with Gasteiger partial charge < -0.3 is 16.0 Å². The molecular formula is C21H28FN5OS. The normalized spacial score (nSPS) is 20.3. The lowest BCUT2D eigenvalue weighted by molar-refractivity contribution is -0.115. The molecule has 2 atom stereocenters. The predicted octanol–water partition coefficient (Wildman–Crippen LogP) is 3.07. The molecule has 1 aliphatic heterocycles. The molecule has 2 unspecified atom stereocenters. The van der Waals surface area contributed by atoms with Gasteiger partial charge in [-0.25, -0.2) is 4.39 Å². The Morgan fingerprint density at radius 2 is 2.17 bits per heavy atom. The van der Waals surface area contributed by atoms with Crippen LogP contribution < -0.4 is 16.0 Å². The van der Waals surface area contributed by atoms with Crippen LogP contribution >= 0.6 is 11.3 Å². The Balaban J connectivity index is 1.50. The Morgan fingerprint density at radius 3 is 2.90 bits per heavy atom. The summed E-state index contributed by atoms with van der Waals surface area (Å²) in [6, 6.07) is 10.5. The van der Waals surface area contributed by atoms with Crippen LogP contribution in [0, 0.1) is 11.7 Å². The molecule has 2 heterocycles. The fourth-order valence-corrected chi connectivity index (χ4v) is 4.75. The molecular weight excluding hydrogens is 389 g/mol. The second-order valence-corrected chi connectivity index (χ2v) is 8.19. The first-order valence-corrected chi connectivity index (χ1v) is 10.7. The molecule has 1 aliphatic rings. The number of carbonyl (C=O) groups excluding carboxylic acids is 1. The zero-order valence-electron chi connectivity index (χ0n) is 16.8. The SMILES string of the molecule is CN=C(NCC(=O)Nc1cccc(F)c1)NCC1CCCN(C)C1c1cccs1. The summed E-state index contributed by atoms with van der Waals surface area (Å²) in [5, 5.41) is 11.2. The van der Waals surface area contributed by atoms with Crippen LogP contribution in [-0.2, 0) is 4.79 Å². The third kappa shape index (κ3) is 6.01. The standard InChI is InChI=1S/C21H28FN5OS/c1-23-21(25-14-19(28)26-17-8-3-7-16(22)12-17)24-13-15-6-4-10-27(2)20(15)18-9-5-11-29-18/h3,5,7-9,11-12,15,20H,4,6,10,13-14H2,1-2H3,(H,26,28)(H2,23,24,25). The smallest absolute Gasteiger partial charge is 0.243 e. The average molecular weight is 418 g/mol. The molecule has 0 bridgehead atoms. The summed E-state index contributed by atoms with van der Waals surface area (Å²) in [5.41, 5.74) is 0.434. The summed E-state index contributed by atoms with van der Waals surface area (Å²) >= 11 is 1.80. The molecule has 1 fully saturated rings. The Hall–Kier alpha value is -2.45. The maximum Gasteiger partial charge on any atom is 0.243 e. The topological polar surface area (TPSA) is 68.8 Å². The van der Waals surface area contributed by atoms with Crippen molar-refractivity contribution in [2.45, 2.75) is 18.9 Å². The minimum absolute atomic E-state index is 0.0507. The van der Waals surface area contributed by atoms with Crippen LogP contribution in [0.15, 0.2) is 46.8 Å². The van der Waals surface area contributed by atoms with E-state index in [1.807, 2.05) is 0 Å². The Labute approximate surface area is 175 Å². The zero-order valence-corrected chi connectivity index (χ0v) is 17.6. The molecule has 1 saturated heterocycles. The molecule has 3 rings (SSSR count). The number of amides is 1. The van der Waals surface area contributed by atoms with Gasteiger partial charge in [-0.3, -0.25) is 14.7 Å². The maximum atomic E-state index is 13.2. The van der Waals surface area contributed by atoms with Gasteiger partial charge in [0.15, 0.2) is 5.96 Å². The summed E-state index contributed by atoms with van der Waals surface area (Å²) in [4.78, 5) is 20.1. The molecule has 0 saturated carbocycles. The van der Waals surface area contributed by atoms with E-state index in [9.17, 15) is 9.18 Å². The van der Waals surface area contributed by atoms with Crippen LogP contribution in [-0.4, -0.2) is 50.5 Å². The number of likely N-dealkylation sites (tertiary alicyclic amines) is 1. The van der Waals surface area contributed by atoms with Crippen molar-refractivity contribution in [3.63, 3.8) is 0 Å². The number of nitrogens with zero attached hydrogens (tertiary/aromatic N) is 2. The van der Waals surface area contributed by atoms with Crippen LogP contribution in [0.1, 0.15) is 23.8 Å². The van der Waals surface area contributed by atoms with E-state index in [0.29, 0.717) is 23.6 Å². The maximum absolute atomic E-state index is 13.2. The molecule has 0 aliphatic carbocycles. The largest absolute Gasteiger partial charge is 0.356 e. The number of benzene rings is 1. The van der Waals surface area contributed by atoms with Gasteiger partial charge in [0.2, 0.25) is 5.91 Å². The van der Waals surface area contributed by atoms with Gasteiger partial charge in [-0.2, -0.15) is 0 Å². The van der Waals surface area contributed by atoms with Gasteiger partial charge in [-0.05, 0) is 62.0 Å². The van der Waals surface area contributed by atoms with Crippen LogP contribution in [0.25, 0.3) is 0 Å². The average Bonchev–Trinajstić information content (AvgIpc) is 3.22. The van der Waals surface area contributed by atoms with Gasteiger partial charge in [0.25, 0.3) is 0 Å². The fraction of sp³-hybridized carbons (Fsp3) is 0.429. The van der Waals surface area contributed by atoms with Crippen LogP contribution in [0.4, 0.5) is 10.1 Å². The van der Waals surface area contributed by atoms with Gasteiger partial charge in [-0.1, -0.05) is 12.1 Å². The van der Waals surface area contributed by atoms with E-state index in [0.717, 1.165) is 19.5 Å². The van der Waals surface area contributed by atoms with E-state index < -0.39 is 0 Å². The lowest BCUT2D eigenvalue weighted by Gasteiger charge is -2.39. The number of guanidine groups is 1. The summed E-state index contributed by atoms with van der Waals surface area (Å²) in [7, 11) is 3.87. The number of halogens is 1. The molecule has 1 aromatic carbocycles. The van der Waals surface area contributed by atoms with Crippen LogP contribution in [0.2, 0.25) is 0 Å². The summed E-state index contributed by atoms with van der Waals surface area (Å²) in [5.74, 6) is 0.406. The molecule has 8 heteroatoms. The van der Waals surface area contributed by atoms with E-state index in [1.54, 1.807) is 30.5 Å². The zero-order chi connectivity index (χ0) is 20.6.